The topological polar surface area (TPSA) is 42.0 Å². The molecule has 0 aromatic carbocycles. The van der Waals surface area contributed by atoms with Gasteiger partial charge in [-0.25, -0.2) is 0 Å². The van der Waals surface area contributed by atoms with E-state index in [1.807, 2.05) is 19.9 Å². The SMILES string of the molecule is CC1(C)C(=O)Nc2ccncc21. The number of pyridine rings is 1. The Bertz CT molecular complexity index is 344. The molecule has 1 N–H and O–H groups in total. The Morgan fingerprint density at radius 2 is 2.25 bits per heavy atom. The van der Waals surface area contributed by atoms with Gasteiger partial charge in [0.2, 0.25) is 5.91 Å². The number of aromatic nitrogens is 1. The number of anilines is 1. The molecule has 2 rings (SSSR count). The van der Waals surface area contributed by atoms with Crippen LogP contribution in [0.4, 0.5) is 5.69 Å². The lowest BCUT2D eigenvalue weighted by atomic mass is 9.87. The van der Waals surface area contributed by atoms with Crippen molar-refractivity contribution >= 4 is 11.6 Å². The van der Waals surface area contributed by atoms with Crippen LogP contribution in [-0.4, -0.2) is 10.9 Å². The van der Waals surface area contributed by atoms with E-state index >= 15 is 0 Å². The number of hydrogen-bond donors (Lipinski definition) is 1. The average molecular weight is 162 g/mol. The third-order valence-electron chi connectivity index (χ3n) is 2.31. The minimum absolute atomic E-state index is 0.0468. The largest absolute Gasteiger partial charge is 0.325 e. The van der Waals surface area contributed by atoms with Crippen molar-refractivity contribution in [3.8, 4) is 0 Å². The average Bonchev–Trinajstić information content (AvgIpc) is 2.25. The molecule has 1 aromatic rings. The zero-order valence-electron chi connectivity index (χ0n) is 7.09. The Kier molecular flexibility index (Phi) is 1.25. The summed E-state index contributed by atoms with van der Waals surface area (Å²) in [6, 6.07) is 1.82. The Hall–Kier alpha value is -1.38. The Morgan fingerprint density at radius 1 is 1.50 bits per heavy atom. The van der Waals surface area contributed by atoms with Gasteiger partial charge in [-0.15, -0.1) is 0 Å². The van der Waals surface area contributed by atoms with Crippen LogP contribution in [0, 0.1) is 0 Å². The highest BCUT2D eigenvalue weighted by Crippen LogP contribution is 2.35. The Morgan fingerprint density at radius 3 is 2.92 bits per heavy atom. The van der Waals surface area contributed by atoms with Gasteiger partial charge in [-0.2, -0.15) is 0 Å². The van der Waals surface area contributed by atoms with Crippen molar-refractivity contribution in [2.24, 2.45) is 0 Å². The first kappa shape index (κ1) is 7.28. The van der Waals surface area contributed by atoms with Crippen LogP contribution in [0.2, 0.25) is 0 Å². The molecule has 0 saturated heterocycles. The van der Waals surface area contributed by atoms with E-state index in [-0.39, 0.29) is 5.91 Å². The number of carbonyl (C=O) groups is 1. The summed E-state index contributed by atoms with van der Waals surface area (Å²) in [6.07, 6.45) is 3.42. The molecule has 12 heavy (non-hydrogen) atoms. The van der Waals surface area contributed by atoms with E-state index in [1.165, 1.54) is 0 Å². The molecule has 3 heteroatoms. The molecule has 0 unspecified atom stereocenters. The number of nitrogens with one attached hydrogen (secondary N) is 1. The molecular weight excluding hydrogens is 152 g/mol. The molecule has 62 valence electrons. The molecule has 1 aromatic heterocycles. The number of hydrogen-bond acceptors (Lipinski definition) is 2. The summed E-state index contributed by atoms with van der Waals surface area (Å²) in [6.45, 7) is 3.80. The number of nitrogens with zero attached hydrogens (tertiary/aromatic N) is 1. The maximum Gasteiger partial charge on any atom is 0.234 e. The zero-order chi connectivity index (χ0) is 8.77. The van der Waals surface area contributed by atoms with Gasteiger partial charge < -0.3 is 5.32 Å². The van der Waals surface area contributed by atoms with Crippen molar-refractivity contribution in [3.05, 3.63) is 24.0 Å². The maximum atomic E-state index is 11.4. The van der Waals surface area contributed by atoms with Crippen LogP contribution in [0.3, 0.4) is 0 Å². The molecule has 0 saturated carbocycles. The van der Waals surface area contributed by atoms with Gasteiger partial charge in [0, 0.05) is 23.6 Å². The van der Waals surface area contributed by atoms with Crippen molar-refractivity contribution in [3.63, 3.8) is 0 Å². The number of carbonyl (C=O) groups excluding carboxylic acids is 1. The molecule has 1 aliphatic rings. The monoisotopic (exact) mass is 162 g/mol. The van der Waals surface area contributed by atoms with Gasteiger partial charge in [-0.05, 0) is 19.9 Å². The first-order valence-corrected chi connectivity index (χ1v) is 3.88. The molecule has 1 aliphatic heterocycles. The molecule has 3 nitrogen and oxygen atoms in total. The predicted molar refractivity (Wildman–Crippen MR) is 45.9 cm³/mol. The van der Waals surface area contributed by atoms with Crippen LogP contribution >= 0.6 is 0 Å². The van der Waals surface area contributed by atoms with Crippen LogP contribution in [0.1, 0.15) is 19.4 Å². The summed E-state index contributed by atoms with van der Waals surface area (Å²) < 4.78 is 0. The highest BCUT2D eigenvalue weighted by atomic mass is 16.2. The molecule has 0 radical (unpaired) electrons. The molecule has 0 fully saturated rings. The van der Waals surface area contributed by atoms with Crippen LogP contribution in [0.15, 0.2) is 18.5 Å². The second-order valence-electron chi connectivity index (χ2n) is 3.50. The fourth-order valence-corrected chi connectivity index (χ4v) is 1.40. The normalized spacial score (nSPS) is 18.7. The van der Waals surface area contributed by atoms with Crippen molar-refractivity contribution < 1.29 is 4.79 Å². The van der Waals surface area contributed by atoms with E-state index in [1.54, 1.807) is 12.4 Å². The lowest BCUT2D eigenvalue weighted by Gasteiger charge is -2.13. The fraction of sp³-hybridized carbons (Fsp3) is 0.333. The van der Waals surface area contributed by atoms with Gasteiger partial charge in [0.25, 0.3) is 0 Å². The van der Waals surface area contributed by atoms with Gasteiger partial charge in [0.1, 0.15) is 0 Å². The first-order chi connectivity index (χ1) is 5.62. The number of rotatable bonds is 0. The third kappa shape index (κ3) is 0.763. The summed E-state index contributed by atoms with van der Waals surface area (Å²) >= 11 is 0. The Balaban J connectivity index is 2.63. The second kappa shape index (κ2) is 2.06. The standard InChI is InChI=1S/C9H10N2O/c1-9(2)6-5-10-4-3-7(6)11-8(9)12/h3-5H,1-2H3,(H,11,12). The van der Waals surface area contributed by atoms with Crippen LogP contribution in [0.25, 0.3) is 0 Å². The quantitative estimate of drug-likeness (QED) is 0.625. The van der Waals surface area contributed by atoms with Gasteiger partial charge in [0.05, 0.1) is 5.41 Å². The van der Waals surface area contributed by atoms with Crippen molar-refractivity contribution in [1.82, 2.24) is 4.98 Å². The molecular formula is C9H10N2O. The van der Waals surface area contributed by atoms with E-state index in [9.17, 15) is 4.79 Å². The van der Waals surface area contributed by atoms with Gasteiger partial charge in [-0.1, -0.05) is 0 Å². The van der Waals surface area contributed by atoms with Crippen molar-refractivity contribution in [2.45, 2.75) is 19.3 Å². The van der Waals surface area contributed by atoms with Crippen LogP contribution in [-0.2, 0) is 10.2 Å². The van der Waals surface area contributed by atoms with Gasteiger partial charge >= 0.3 is 0 Å². The molecule has 0 bridgehead atoms. The number of amides is 1. The predicted octanol–water partition coefficient (Wildman–Crippen LogP) is 1.31. The molecule has 1 amide bonds. The van der Waals surface area contributed by atoms with Crippen LogP contribution < -0.4 is 5.32 Å². The summed E-state index contributed by atoms with van der Waals surface area (Å²) in [5, 5.41) is 2.81. The lowest BCUT2D eigenvalue weighted by molar-refractivity contribution is -0.119. The summed E-state index contributed by atoms with van der Waals surface area (Å²) in [5.41, 5.74) is 1.44. The summed E-state index contributed by atoms with van der Waals surface area (Å²) in [4.78, 5) is 15.4. The van der Waals surface area contributed by atoms with E-state index in [4.69, 9.17) is 0 Å². The van der Waals surface area contributed by atoms with Crippen molar-refractivity contribution in [2.75, 3.05) is 5.32 Å². The van der Waals surface area contributed by atoms with E-state index < -0.39 is 5.41 Å². The smallest absolute Gasteiger partial charge is 0.234 e. The van der Waals surface area contributed by atoms with Crippen molar-refractivity contribution in [1.29, 1.82) is 0 Å². The van der Waals surface area contributed by atoms with E-state index in [0.29, 0.717) is 0 Å². The van der Waals surface area contributed by atoms with Crippen LogP contribution in [0.5, 0.6) is 0 Å². The molecule has 2 heterocycles. The first-order valence-electron chi connectivity index (χ1n) is 3.88. The fourth-order valence-electron chi connectivity index (χ4n) is 1.40. The molecule has 0 spiro atoms. The van der Waals surface area contributed by atoms with Gasteiger partial charge in [-0.3, -0.25) is 9.78 Å². The second-order valence-corrected chi connectivity index (χ2v) is 3.50. The van der Waals surface area contributed by atoms with E-state index in [0.717, 1.165) is 11.3 Å². The number of fused-ring (bicyclic) bond motifs is 1. The van der Waals surface area contributed by atoms with Gasteiger partial charge in [0.15, 0.2) is 0 Å². The van der Waals surface area contributed by atoms with E-state index in [2.05, 4.69) is 10.3 Å². The Labute approximate surface area is 70.8 Å². The highest BCUT2D eigenvalue weighted by molar-refractivity contribution is 6.05. The third-order valence-corrected chi connectivity index (χ3v) is 2.31. The lowest BCUT2D eigenvalue weighted by Crippen LogP contribution is -2.26. The maximum absolute atomic E-state index is 11.4. The zero-order valence-corrected chi connectivity index (χ0v) is 7.09. The molecule has 0 aliphatic carbocycles. The molecule has 0 atom stereocenters. The summed E-state index contributed by atoms with van der Waals surface area (Å²) in [5.74, 6) is 0.0468. The summed E-state index contributed by atoms with van der Waals surface area (Å²) in [7, 11) is 0. The minimum Gasteiger partial charge on any atom is -0.325 e. The minimum atomic E-state index is -0.427. The highest BCUT2D eigenvalue weighted by Gasteiger charge is 2.38.